The van der Waals surface area contributed by atoms with E-state index < -0.39 is 0 Å². The van der Waals surface area contributed by atoms with Crippen molar-refractivity contribution in [3.8, 4) is 0 Å². The summed E-state index contributed by atoms with van der Waals surface area (Å²) in [5.41, 5.74) is 1.08. The van der Waals surface area contributed by atoms with Crippen LogP contribution < -0.4 is 4.90 Å². The van der Waals surface area contributed by atoms with Gasteiger partial charge in [0, 0.05) is 44.6 Å². The van der Waals surface area contributed by atoms with Crippen LogP contribution in [0.1, 0.15) is 12.5 Å². The minimum Gasteiger partial charge on any atom is -0.395 e. The number of aryl methyl sites for hydroxylation is 1. The molecule has 1 aliphatic heterocycles. The molecule has 0 radical (unpaired) electrons. The average Bonchev–Trinajstić information content (AvgIpc) is 2.31. The molecule has 5 heteroatoms. The van der Waals surface area contributed by atoms with Crippen molar-refractivity contribution >= 4 is 5.95 Å². The van der Waals surface area contributed by atoms with E-state index >= 15 is 0 Å². The van der Waals surface area contributed by atoms with Crippen molar-refractivity contribution in [1.29, 1.82) is 0 Å². The van der Waals surface area contributed by atoms with Crippen LogP contribution in [0.2, 0.25) is 0 Å². The quantitative estimate of drug-likeness (QED) is 0.817. The van der Waals surface area contributed by atoms with Crippen LogP contribution >= 0.6 is 0 Å². The van der Waals surface area contributed by atoms with Crippen molar-refractivity contribution in [2.75, 3.05) is 37.7 Å². The molecule has 2 rings (SSSR count). The Hall–Kier alpha value is -1.20. The Morgan fingerprint density at radius 1 is 1.35 bits per heavy atom. The first-order valence-corrected chi connectivity index (χ1v) is 6.09. The number of aliphatic hydroxyl groups excluding tert-OH is 1. The summed E-state index contributed by atoms with van der Waals surface area (Å²) in [6, 6.07) is 0.387. The summed E-state index contributed by atoms with van der Waals surface area (Å²) >= 11 is 0. The topological polar surface area (TPSA) is 52.5 Å². The summed E-state index contributed by atoms with van der Waals surface area (Å²) in [5.74, 6) is 0.812. The fourth-order valence-electron chi connectivity index (χ4n) is 2.21. The summed E-state index contributed by atoms with van der Waals surface area (Å²) in [6.07, 6.45) is 3.71. The molecule has 1 aromatic heterocycles. The van der Waals surface area contributed by atoms with Gasteiger partial charge in [-0.25, -0.2) is 9.97 Å². The lowest BCUT2D eigenvalue weighted by atomic mass is 10.2. The number of anilines is 1. The predicted octanol–water partition coefficient (Wildman–Crippen LogP) is 0.288. The van der Waals surface area contributed by atoms with Crippen molar-refractivity contribution < 1.29 is 5.11 Å². The molecule has 1 fully saturated rings. The second-order valence-corrected chi connectivity index (χ2v) is 4.63. The van der Waals surface area contributed by atoms with Gasteiger partial charge in [0.25, 0.3) is 0 Å². The molecule has 0 aromatic carbocycles. The molecular formula is C12H20N4O. The van der Waals surface area contributed by atoms with Gasteiger partial charge in [-0.1, -0.05) is 0 Å². The number of aromatic nitrogens is 2. The molecule has 0 spiro atoms. The lowest BCUT2D eigenvalue weighted by Crippen LogP contribution is -2.53. The second-order valence-electron chi connectivity index (χ2n) is 4.63. The molecule has 0 aliphatic carbocycles. The minimum absolute atomic E-state index is 0.230. The number of hydrogen-bond acceptors (Lipinski definition) is 5. The Labute approximate surface area is 102 Å². The Kier molecular flexibility index (Phi) is 3.91. The predicted molar refractivity (Wildman–Crippen MR) is 67.1 cm³/mol. The highest BCUT2D eigenvalue weighted by Crippen LogP contribution is 2.15. The second kappa shape index (κ2) is 5.42. The van der Waals surface area contributed by atoms with Crippen LogP contribution in [0.15, 0.2) is 12.4 Å². The Balaban J connectivity index is 2.01. The van der Waals surface area contributed by atoms with Crippen molar-refractivity contribution in [3.63, 3.8) is 0 Å². The molecule has 0 saturated carbocycles. The molecule has 17 heavy (non-hydrogen) atoms. The van der Waals surface area contributed by atoms with Crippen LogP contribution in [-0.4, -0.2) is 58.8 Å². The number of rotatable bonds is 3. The van der Waals surface area contributed by atoms with Gasteiger partial charge in [-0.15, -0.1) is 0 Å². The summed E-state index contributed by atoms with van der Waals surface area (Å²) in [4.78, 5) is 13.2. The molecule has 5 nitrogen and oxygen atoms in total. The van der Waals surface area contributed by atoms with Crippen molar-refractivity contribution in [3.05, 3.63) is 18.0 Å². The van der Waals surface area contributed by atoms with E-state index in [2.05, 4.69) is 26.7 Å². The molecule has 0 amide bonds. The van der Waals surface area contributed by atoms with E-state index in [0.29, 0.717) is 6.04 Å². The van der Waals surface area contributed by atoms with Crippen LogP contribution in [0.3, 0.4) is 0 Å². The van der Waals surface area contributed by atoms with Crippen molar-refractivity contribution in [1.82, 2.24) is 14.9 Å². The lowest BCUT2D eigenvalue weighted by molar-refractivity contribution is 0.173. The molecular weight excluding hydrogens is 216 g/mol. The first-order valence-electron chi connectivity index (χ1n) is 6.09. The maximum atomic E-state index is 8.94. The van der Waals surface area contributed by atoms with E-state index in [4.69, 9.17) is 5.11 Å². The summed E-state index contributed by atoms with van der Waals surface area (Å²) in [7, 11) is 0. The van der Waals surface area contributed by atoms with Gasteiger partial charge < -0.3 is 10.0 Å². The molecule has 2 heterocycles. The molecule has 1 aliphatic rings. The van der Waals surface area contributed by atoms with Crippen LogP contribution in [0.25, 0.3) is 0 Å². The van der Waals surface area contributed by atoms with Gasteiger partial charge in [0.15, 0.2) is 0 Å². The van der Waals surface area contributed by atoms with Crippen LogP contribution in [0.4, 0.5) is 5.95 Å². The average molecular weight is 236 g/mol. The number of piperazine rings is 1. The molecule has 1 N–H and O–H groups in total. The van der Waals surface area contributed by atoms with Crippen LogP contribution in [0, 0.1) is 6.92 Å². The maximum absolute atomic E-state index is 8.94. The maximum Gasteiger partial charge on any atom is 0.225 e. The highest BCUT2D eigenvalue weighted by atomic mass is 16.3. The third kappa shape index (κ3) is 2.92. The molecule has 1 atom stereocenters. The first-order chi connectivity index (χ1) is 8.20. The van der Waals surface area contributed by atoms with Crippen molar-refractivity contribution in [2.24, 2.45) is 0 Å². The summed E-state index contributed by atoms with van der Waals surface area (Å²) in [5, 5.41) is 8.94. The molecule has 94 valence electrons. The smallest absolute Gasteiger partial charge is 0.225 e. The molecule has 1 saturated heterocycles. The number of nitrogens with zero attached hydrogens (tertiary/aromatic N) is 4. The SMILES string of the molecule is Cc1cnc(N2CCN(CCO)CC2C)nc1. The van der Waals surface area contributed by atoms with Gasteiger partial charge in [0.2, 0.25) is 5.95 Å². The third-order valence-corrected chi connectivity index (χ3v) is 3.15. The fourth-order valence-corrected chi connectivity index (χ4v) is 2.21. The van der Waals surface area contributed by atoms with Gasteiger partial charge in [0.05, 0.1) is 6.61 Å². The highest BCUT2D eigenvalue weighted by Gasteiger charge is 2.24. The van der Waals surface area contributed by atoms with Gasteiger partial charge in [-0.2, -0.15) is 0 Å². The molecule has 0 bridgehead atoms. The zero-order valence-corrected chi connectivity index (χ0v) is 10.5. The third-order valence-electron chi connectivity index (χ3n) is 3.15. The van der Waals surface area contributed by atoms with Crippen molar-refractivity contribution in [2.45, 2.75) is 19.9 Å². The van der Waals surface area contributed by atoms with E-state index in [1.54, 1.807) is 0 Å². The standard InChI is InChI=1S/C12H20N4O/c1-10-7-13-12(14-8-10)16-4-3-15(5-6-17)9-11(16)2/h7-8,11,17H,3-6,9H2,1-2H3. The molecule has 1 aromatic rings. The van der Waals surface area contributed by atoms with Gasteiger partial charge in [0.1, 0.15) is 0 Å². The number of aliphatic hydroxyl groups is 1. The highest BCUT2D eigenvalue weighted by molar-refractivity contribution is 5.32. The number of hydrogen-bond donors (Lipinski definition) is 1. The Morgan fingerprint density at radius 2 is 2.06 bits per heavy atom. The zero-order valence-electron chi connectivity index (χ0n) is 10.5. The number of β-amino-alcohol motifs (C(OH)–C–C–N with tert-alkyl or cyclic N) is 1. The first kappa shape index (κ1) is 12.3. The van der Waals surface area contributed by atoms with Gasteiger partial charge in [-0.3, -0.25) is 4.90 Å². The largest absolute Gasteiger partial charge is 0.395 e. The summed E-state index contributed by atoms with van der Waals surface area (Å²) < 4.78 is 0. The molecule has 1 unspecified atom stereocenters. The Morgan fingerprint density at radius 3 is 2.65 bits per heavy atom. The van der Waals surface area contributed by atoms with Gasteiger partial charge in [-0.05, 0) is 19.4 Å². The normalized spacial score (nSPS) is 21.8. The monoisotopic (exact) mass is 236 g/mol. The van der Waals surface area contributed by atoms with E-state index in [9.17, 15) is 0 Å². The van der Waals surface area contributed by atoms with Gasteiger partial charge >= 0.3 is 0 Å². The van der Waals surface area contributed by atoms with E-state index in [0.717, 1.165) is 37.7 Å². The summed E-state index contributed by atoms with van der Waals surface area (Å²) in [6.45, 7) is 7.99. The Bertz CT molecular complexity index is 354. The lowest BCUT2D eigenvalue weighted by Gasteiger charge is -2.39. The van der Waals surface area contributed by atoms with Crippen LogP contribution in [0.5, 0.6) is 0 Å². The minimum atomic E-state index is 0.230. The van der Waals surface area contributed by atoms with E-state index in [1.165, 1.54) is 0 Å². The van der Waals surface area contributed by atoms with Crippen LogP contribution in [-0.2, 0) is 0 Å². The zero-order chi connectivity index (χ0) is 12.3. The fraction of sp³-hybridized carbons (Fsp3) is 0.667. The van der Waals surface area contributed by atoms with E-state index in [1.807, 2.05) is 19.3 Å². The van der Waals surface area contributed by atoms with E-state index in [-0.39, 0.29) is 6.61 Å².